The van der Waals surface area contributed by atoms with Gasteiger partial charge in [0.2, 0.25) is 0 Å². The van der Waals surface area contributed by atoms with E-state index >= 15 is 0 Å². The maximum atomic E-state index is 12.2. The molecule has 0 aromatic carbocycles. The fourth-order valence-corrected chi connectivity index (χ4v) is 3.14. The van der Waals surface area contributed by atoms with Gasteiger partial charge in [0.1, 0.15) is 11.7 Å². The van der Waals surface area contributed by atoms with Crippen LogP contribution in [0.5, 0.6) is 0 Å². The molecule has 27 heavy (non-hydrogen) atoms. The number of amides is 2. The van der Waals surface area contributed by atoms with E-state index in [0.717, 1.165) is 31.2 Å². The molecule has 7 heteroatoms. The summed E-state index contributed by atoms with van der Waals surface area (Å²) in [4.78, 5) is 30.0. The van der Waals surface area contributed by atoms with E-state index in [0.29, 0.717) is 0 Å². The van der Waals surface area contributed by atoms with Gasteiger partial charge in [0.15, 0.2) is 0 Å². The third-order valence-electron chi connectivity index (χ3n) is 4.69. The Morgan fingerprint density at radius 1 is 1.26 bits per heavy atom. The minimum absolute atomic E-state index is 0.0573. The summed E-state index contributed by atoms with van der Waals surface area (Å²) in [6, 6.07) is 3.88. The molecule has 0 bridgehead atoms. The van der Waals surface area contributed by atoms with Crippen LogP contribution in [0.3, 0.4) is 0 Å². The molecule has 0 saturated heterocycles. The minimum Gasteiger partial charge on any atom is -0.444 e. The molecule has 1 aromatic heterocycles. The number of aromatic nitrogens is 1. The van der Waals surface area contributed by atoms with Crippen LogP contribution in [0.15, 0.2) is 24.5 Å². The van der Waals surface area contributed by atoms with Gasteiger partial charge in [-0.3, -0.25) is 4.98 Å². The highest BCUT2D eigenvalue weighted by atomic mass is 16.6. The predicted octanol–water partition coefficient (Wildman–Crippen LogP) is 4.05. The Hall–Kier alpha value is -2.31. The van der Waals surface area contributed by atoms with Gasteiger partial charge in [0.25, 0.3) is 0 Å². The number of pyridine rings is 1. The fourth-order valence-electron chi connectivity index (χ4n) is 3.14. The number of alkyl carbamates (subject to hydrolysis) is 1. The number of hydrogen-bond donors (Lipinski definition) is 1. The third kappa shape index (κ3) is 6.73. The van der Waals surface area contributed by atoms with Crippen molar-refractivity contribution >= 4 is 12.2 Å². The summed E-state index contributed by atoms with van der Waals surface area (Å²) in [7, 11) is 1.77. The molecule has 1 aliphatic rings. The molecule has 1 aliphatic carbocycles. The van der Waals surface area contributed by atoms with Crippen molar-refractivity contribution < 1.29 is 19.1 Å². The van der Waals surface area contributed by atoms with Gasteiger partial charge in [-0.15, -0.1) is 0 Å². The molecule has 0 unspecified atom stereocenters. The van der Waals surface area contributed by atoms with Crippen LogP contribution in [-0.2, 0) is 9.47 Å². The Morgan fingerprint density at radius 3 is 2.48 bits per heavy atom. The van der Waals surface area contributed by atoms with Crippen molar-refractivity contribution in [3.63, 3.8) is 0 Å². The van der Waals surface area contributed by atoms with Crippen molar-refractivity contribution in [1.82, 2.24) is 15.2 Å². The van der Waals surface area contributed by atoms with Crippen LogP contribution in [-0.4, -0.2) is 46.8 Å². The average Bonchev–Trinajstić information content (AvgIpc) is 2.61. The summed E-state index contributed by atoms with van der Waals surface area (Å²) in [6.45, 7) is 7.40. The smallest absolute Gasteiger partial charge is 0.410 e. The van der Waals surface area contributed by atoms with Gasteiger partial charge in [-0.1, -0.05) is 6.07 Å². The first-order valence-corrected chi connectivity index (χ1v) is 9.48. The van der Waals surface area contributed by atoms with Crippen molar-refractivity contribution in [2.24, 2.45) is 0 Å². The lowest BCUT2D eigenvalue weighted by molar-refractivity contribution is 0.0176. The van der Waals surface area contributed by atoms with Crippen LogP contribution in [0.2, 0.25) is 0 Å². The molecule has 2 amide bonds. The number of rotatable bonds is 4. The number of hydrogen-bond acceptors (Lipinski definition) is 5. The average molecular weight is 377 g/mol. The lowest BCUT2D eigenvalue weighted by atomic mass is 9.90. The molecule has 1 saturated carbocycles. The summed E-state index contributed by atoms with van der Waals surface area (Å²) >= 11 is 0. The number of carbonyl (C=O) groups excluding carboxylic acids is 2. The molecule has 1 heterocycles. The monoisotopic (exact) mass is 377 g/mol. The van der Waals surface area contributed by atoms with Gasteiger partial charge in [0, 0.05) is 37.1 Å². The Bertz CT molecular complexity index is 622. The Balaban J connectivity index is 1.75. The zero-order valence-corrected chi connectivity index (χ0v) is 16.9. The van der Waals surface area contributed by atoms with Crippen molar-refractivity contribution in [2.75, 3.05) is 7.05 Å². The minimum atomic E-state index is -0.501. The summed E-state index contributed by atoms with van der Waals surface area (Å²) in [5, 5.41) is 2.93. The van der Waals surface area contributed by atoms with Crippen molar-refractivity contribution in [1.29, 1.82) is 0 Å². The fraction of sp³-hybridized carbons (Fsp3) is 0.650. The molecule has 150 valence electrons. The molecule has 1 aromatic rings. The summed E-state index contributed by atoms with van der Waals surface area (Å²) in [6.07, 6.45) is 5.53. The standard InChI is InChI=1S/C20H31N3O4/c1-14(15-7-6-12-21-13-15)26-18(24)22-16-8-10-17(11-9-16)23(5)19(25)27-20(2,3)4/h6-7,12-14,16-17H,8-11H2,1-5H3,(H,22,24)/t14-,16?,17?/m1/s1. The molecule has 1 fully saturated rings. The quantitative estimate of drug-likeness (QED) is 0.856. The SMILES string of the molecule is C[C@@H](OC(=O)NC1CCC(N(C)C(=O)OC(C)(C)C)CC1)c1cccnc1. The number of nitrogens with one attached hydrogen (secondary N) is 1. The van der Waals surface area contributed by atoms with Gasteiger partial charge >= 0.3 is 12.2 Å². The largest absolute Gasteiger partial charge is 0.444 e. The normalized spacial score (nSPS) is 21.1. The molecule has 0 aliphatic heterocycles. The summed E-state index contributed by atoms with van der Waals surface area (Å²) in [5.41, 5.74) is 0.356. The van der Waals surface area contributed by atoms with Crippen LogP contribution >= 0.6 is 0 Å². The molecule has 1 atom stereocenters. The molecule has 2 rings (SSSR count). The third-order valence-corrected chi connectivity index (χ3v) is 4.69. The maximum Gasteiger partial charge on any atom is 0.410 e. The van der Waals surface area contributed by atoms with Crippen LogP contribution in [0.4, 0.5) is 9.59 Å². The Labute approximate surface area is 161 Å². The molecule has 1 N–H and O–H groups in total. The molecular weight excluding hydrogens is 346 g/mol. The van der Waals surface area contributed by atoms with E-state index in [4.69, 9.17) is 9.47 Å². The van der Waals surface area contributed by atoms with Gasteiger partial charge in [-0.2, -0.15) is 0 Å². The summed E-state index contributed by atoms with van der Waals surface area (Å²) in [5.74, 6) is 0. The van der Waals surface area contributed by atoms with Crippen molar-refractivity contribution in [3.8, 4) is 0 Å². The number of carbonyl (C=O) groups is 2. The van der Waals surface area contributed by atoms with E-state index in [2.05, 4.69) is 10.3 Å². The predicted molar refractivity (Wildman–Crippen MR) is 102 cm³/mol. The molecular formula is C20H31N3O4. The van der Waals surface area contributed by atoms with Crippen molar-refractivity contribution in [3.05, 3.63) is 30.1 Å². The Kier molecular flexibility index (Phi) is 7.05. The number of nitrogens with zero attached hydrogens (tertiary/aromatic N) is 2. The second kappa shape index (κ2) is 9.06. The lowest BCUT2D eigenvalue weighted by Crippen LogP contribution is -2.46. The topological polar surface area (TPSA) is 80.8 Å². The van der Waals surface area contributed by atoms with E-state index < -0.39 is 11.7 Å². The highest BCUT2D eigenvalue weighted by molar-refractivity contribution is 5.68. The first-order chi connectivity index (χ1) is 12.7. The first-order valence-electron chi connectivity index (χ1n) is 9.48. The van der Waals surface area contributed by atoms with Crippen LogP contribution in [0.1, 0.15) is 65.0 Å². The highest BCUT2D eigenvalue weighted by Crippen LogP contribution is 2.24. The second-order valence-corrected chi connectivity index (χ2v) is 8.07. The zero-order chi connectivity index (χ0) is 20.0. The molecule has 0 spiro atoms. The van der Waals surface area contributed by atoms with Gasteiger partial charge < -0.3 is 19.7 Å². The zero-order valence-electron chi connectivity index (χ0n) is 16.9. The number of ether oxygens (including phenoxy) is 2. The van der Waals surface area contributed by atoms with E-state index in [-0.39, 0.29) is 24.3 Å². The van der Waals surface area contributed by atoms with Gasteiger partial charge in [-0.05, 0) is 59.4 Å². The van der Waals surface area contributed by atoms with Crippen LogP contribution in [0, 0.1) is 0 Å². The van der Waals surface area contributed by atoms with Gasteiger partial charge in [-0.25, -0.2) is 9.59 Å². The lowest BCUT2D eigenvalue weighted by Gasteiger charge is -2.35. The van der Waals surface area contributed by atoms with Crippen molar-refractivity contribution in [2.45, 2.75) is 77.2 Å². The maximum absolute atomic E-state index is 12.2. The van der Waals surface area contributed by atoms with E-state index in [1.54, 1.807) is 24.3 Å². The Morgan fingerprint density at radius 2 is 1.93 bits per heavy atom. The molecule has 0 radical (unpaired) electrons. The van der Waals surface area contributed by atoms with Crippen LogP contribution < -0.4 is 5.32 Å². The second-order valence-electron chi connectivity index (χ2n) is 8.07. The highest BCUT2D eigenvalue weighted by Gasteiger charge is 2.30. The van der Waals surface area contributed by atoms with E-state index in [1.807, 2.05) is 39.8 Å². The first kappa shape index (κ1) is 21.0. The van der Waals surface area contributed by atoms with E-state index in [1.165, 1.54) is 0 Å². The van der Waals surface area contributed by atoms with Crippen LogP contribution in [0.25, 0.3) is 0 Å². The molecule has 7 nitrogen and oxygen atoms in total. The summed E-state index contributed by atoms with van der Waals surface area (Å²) < 4.78 is 10.9. The van der Waals surface area contributed by atoms with E-state index in [9.17, 15) is 9.59 Å². The van der Waals surface area contributed by atoms with Gasteiger partial charge in [0.05, 0.1) is 0 Å².